The van der Waals surface area contributed by atoms with E-state index in [1.807, 2.05) is 18.2 Å². The number of nitrogens with zero attached hydrogens (tertiary/aromatic N) is 1. The Morgan fingerprint density at radius 3 is 2.32 bits per heavy atom. The Hall–Kier alpha value is -3.46. The highest BCUT2D eigenvalue weighted by atomic mass is 35.5. The van der Waals surface area contributed by atoms with Gasteiger partial charge in [-0.25, -0.2) is 17.5 Å². The molecule has 0 radical (unpaired) electrons. The number of benzene rings is 3. The Bertz CT molecular complexity index is 1480. The van der Waals surface area contributed by atoms with Crippen molar-refractivity contribution in [2.75, 3.05) is 14.1 Å². The first-order valence-corrected chi connectivity index (χ1v) is 12.1. The number of carbonyl (C=O) groups is 2. The van der Waals surface area contributed by atoms with E-state index in [9.17, 15) is 18.0 Å². The molecule has 0 saturated carbocycles. The molecule has 7 nitrogen and oxygen atoms in total. The molecule has 3 aromatic carbocycles. The molecule has 1 atom stereocenters. The van der Waals surface area contributed by atoms with Gasteiger partial charge in [-0.2, -0.15) is 0 Å². The molecule has 4 rings (SSSR count). The first-order chi connectivity index (χ1) is 16.2. The van der Waals surface area contributed by atoms with Gasteiger partial charge in [0.25, 0.3) is 0 Å². The summed E-state index contributed by atoms with van der Waals surface area (Å²) < 4.78 is 31.7. The molecule has 1 unspecified atom stereocenters. The van der Waals surface area contributed by atoms with Crippen LogP contribution in [0.4, 0.5) is 0 Å². The van der Waals surface area contributed by atoms with Crippen molar-refractivity contribution in [1.82, 2.24) is 9.29 Å². The van der Waals surface area contributed by atoms with Gasteiger partial charge in [0.05, 0.1) is 15.5 Å². The summed E-state index contributed by atoms with van der Waals surface area (Å²) in [5.74, 6) is -1.34. The third kappa shape index (κ3) is 4.48. The summed E-state index contributed by atoms with van der Waals surface area (Å²) in [5, 5.41) is 0.704. The number of rotatable bonds is 7. The van der Waals surface area contributed by atoms with Gasteiger partial charge < -0.3 is 9.72 Å². The fourth-order valence-electron chi connectivity index (χ4n) is 3.52. The number of aromatic nitrogens is 1. The van der Waals surface area contributed by atoms with Crippen LogP contribution < -0.4 is 0 Å². The van der Waals surface area contributed by atoms with Gasteiger partial charge in [-0.05, 0) is 24.3 Å². The molecule has 0 spiro atoms. The first-order valence-electron chi connectivity index (χ1n) is 10.3. The van der Waals surface area contributed by atoms with Crippen molar-refractivity contribution in [2.24, 2.45) is 0 Å². The number of carbonyl (C=O) groups excluding carboxylic acids is 2. The molecule has 174 valence electrons. The number of hydrogen-bond acceptors (Lipinski definition) is 5. The molecule has 0 aliphatic carbocycles. The normalized spacial score (nSPS) is 12.6. The van der Waals surface area contributed by atoms with E-state index in [2.05, 4.69) is 4.98 Å². The van der Waals surface area contributed by atoms with E-state index in [-0.39, 0.29) is 15.5 Å². The first kappa shape index (κ1) is 23.7. The van der Waals surface area contributed by atoms with Crippen LogP contribution in [0.1, 0.15) is 32.4 Å². The van der Waals surface area contributed by atoms with Gasteiger partial charge >= 0.3 is 5.97 Å². The summed E-state index contributed by atoms with van der Waals surface area (Å²) in [6.45, 7) is 0. The number of H-pyrrole nitrogens is 1. The number of aromatic amines is 1. The van der Waals surface area contributed by atoms with Gasteiger partial charge in [-0.15, -0.1) is 0 Å². The highest BCUT2D eigenvalue weighted by Gasteiger charge is 2.30. The zero-order valence-electron chi connectivity index (χ0n) is 18.4. The van der Waals surface area contributed by atoms with Gasteiger partial charge in [-0.3, -0.25) is 4.79 Å². The van der Waals surface area contributed by atoms with Crippen molar-refractivity contribution >= 4 is 44.3 Å². The van der Waals surface area contributed by atoms with E-state index in [1.54, 1.807) is 42.6 Å². The molecule has 0 fully saturated rings. The molecule has 4 aromatic rings. The Labute approximate surface area is 202 Å². The largest absolute Gasteiger partial charge is 0.445 e. The van der Waals surface area contributed by atoms with E-state index in [1.165, 1.54) is 26.2 Å². The molecule has 0 amide bonds. The van der Waals surface area contributed by atoms with Gasteiger partial charge in [0.15, 0.2) is 6.10 Å². The maximum Gasteiger partial charge on any atom is 0.340 e. The monoisotopic (exact) mass is 496 g/mol. The molecule has 9 heteroatoms. The number of para-hydroxylation sites is 1. The zero-order chi connectivity index (χ0) is 24.5. The smallest absolute Gasteiger partial charge is 0.340 e. The molecule has 1 aromatic heterocycles. The number of fused-ring (bicyclic) bond motifs is 1. The van der Waals surface area contributed by atoms with Crippen LogP contribution in [0.2, 0.25) is 5.02 Å². The summed E-state index contributed by atoms with van der Waals surface area (Å²) in [4.78, 5) is 29.6. The molecule has 1 N–H and O–H groups in total. The van der Waals surface area contributed by atoms with Gasteiger partial charge in [0, 0.05) is 42.3 Å². The third-order valence-corrected chi connectivity index (χ3v) is 7.50. The number of halogens is 1. The van der Waals surface area contributed by atoms with Crippen LogP contribution >= 0.6 is 11.6 Å². The van der Waals surface area contributed by atoms with Crippen molar-refractivity contribution < 1.29 is 22.7 Å². The molecule has 0 aliphatic rings. The van der Waals surface area contributed by atoms with Crippen LogP contribution in [-0.4, -0.2) is 43.6 Å². The minimum Gasteiger partial charge on any atom is -0.445 e. The number of sulfonamides is 1. The van der Waals surface area contributed by atoms with Crippen LogP contribution in [-0.2, 0) is 14.8 Å². The van der Waals surface area contributed by atoms with Crippen molar-refractivity contribution in [3.63, 3.8) is 0 Å². The van der Waals surface area contributed by atoms with Crippen molar-refractivity contribution in [1.29, 1.82) is 0 Å². The zero-order valence-corrected chi connectivity index (χ0v) is 19.9. The van der Waals surface area contributed by atoms with Crippen LogP contribution in [0.15, 0.2) is 83.9 Å². The Morgan fingerprint density at radius 1 is 0.941 bits per heavy atom. The number of hydrogen-bond donors (Lipinski definition) is 1. The SMILES string of the molecule is CN(C)S(=O)(=O)c1ccc(Cl)c(C(=O)OC(C(=O)c2c[nH]c3ccccc23)c2ccccc2)c1. The van der Waals surface area contributed by atoms with Crippen LogP contribution in [0.3, 0.4) is 0 Å². The van der Waals surface area contributed by atoms with E-state index in [0.717, 1.165) is 15.9 Å². The Balaban J connectivity index is 1.74. The van der Waals surface area contributed by atoms with Gasteiger partial charge in [0.2, 0.25) is 15.8 Å². The molecule has 0 aliphatic heterocycles. The Morgan fingerprint density at radius 2 is 1.62 bits per heavy atom. The van der Waals surface area contributed by atoms with Crippen LogP contribution in [0.25, 0.3) is 10.9 Å². The maximum atomic E-state index is 13.6. The number of ketones is 1. The lowest BCUT2D eigenvalue weighted by molar-refractivity contribution is 0.0280. The molecule has 1 heterocycles. The summed E-state index contributed by atoms with van der Waals surface area (Å²) >= 11 is 6.21. The summed E-state index contributed by atoms with van der Waals surface area (Å²) in [5.41, 5.74) is 1.46. The second-order valence-electron chi connectivity index (χ2n) is 7.74. The Kier molecular flexibility index (Phi) is 6.56. The molecule has 0 bridgehead atoms. The fourth-order valence-corrected chi connectivity index (χ4v) is 4.64. The van der Waals surface area contributed by atoms with E-state index < -0.39 is 27.9 Å². The maximum absolute atomic E-state index is 13.6. The van der Waals surface area contributed by atoms with Crippen molar-refractivity contribution in [3.8, 4) is 0 Å². The summed E-state index contributed by atoms with van der Waals surface area (Å²) in [6.07, 6.45) is 0.312. The average Bonchev–Trinajstić information content (AvgIpc) is 3.27. The molecular weight excluding hydrogens is 476 g/mol. The lowest BCUT2D eigenvalue weighted by Crippen LogP contribution is -2.23. The van der Waals surface area contributed by atoms with E-state index in [4.69, 9.17) is 16.3 Å². The second kappa shape index (κ2) is 9.42. The molecule has 34 heavy (non-hydrogen) atoms. The number of Topliss-reactive ketones (excluding diaryl/α,β-unsaturated/α-hetero) is 1. The predicted molar refractivity (Wildman–Crippen MR) is 130 cm³/mol. The lowest BCUT2D eigenvalue weighted by Gasteiger charge is -2.18. The number of nitrogens with one attached hydrogen (secondary N) is 1. The highest BCUT2D eigenvalue weighted by Crippen LogP contribution is 2.30. The van der Waals surface area contributed by atoms with Crippen molar-refractivity contribution in [3.05, 3.63) is 101 Å². The minimum absolute atomic E-state index is 0.00839. The summed E-state index contributed by atoms with van der Waals surface area (Å²) in [6, 6.07) is 19.7. The van der Waals surface area contributed by atoms with Gasteiger partial charge in [-0.1, -0.05) is 60.1 Å². The van der Waals surface area contributed by atoms with E-state index in [0.29, 0.717) is 16.5 Å². The lowest BCUT2D eigenvalue weighted by atomic mass is 9.99. The van der Waals surface area contributed by atoms with Crippen molar-refractivity contribution in [2.45, 2.75) is 11.0 Å². The quantitative estimate of drug-likeness (QED) is 0.291. The minimum atomic E-state index is -3.81. The number of ether oxygens (including phenoxy) is 1. The fraction of sp³-hybridized carbons (Fsp3) is 0.120. The number of esters is 1. The van der Waals surface area contributed by atoms with Gasteiger partial charge in [0.1, 0.15) is 0 Å². The standard InChI is InChI=1S/C25H21ClN2O5S/c1-28(2)34(31,32)17-12-13-21(26)19(14-17)25(30)33-24(16-8-4-3-5-9-16)23(29)20-15-27-22-11-7-6-10-18(20)22/h3-15,24,27H,1-2H3. The van der Waals surface area contributed by atoms with Crippen LogP contribution in [0.5, 0.6) is 0 Å². The third-order valence-electron chi connectivity index (χ3n) is 5.36. The highest BCUT2D eigenvalue weighted by molar-refractivity contribution is 7.89. The molecular formula is C25H21ClN2O5S. The predicted octanol–water partition coefficient (Wildman–Crippen LogP) is 4.85. The second-order valence-corrected chi connectivity index (χ2v) is 10.3. The van der Waals surface area contributed by atoms with Crippen LogP contribution in [0, 0.1) is 0 Å². The topological polar surface area (TPSA) is 96.5 Å². The van der Waals surface area contributed by atoms with E-state index >= 15 is 0 Å². The molecule has 0 saturated heterocycles. The average molecular weight is 497 g/mol. The summed E-state index contributed by atoms with van der Waals surface area (Å²) in [7, 11) is -1.05.